The molecule has 124 valence electrons. The molecule has 25 heavy (non-hydrogen) atoms. The molecule has 0 atom stereocenters. The van der Waals surface area contributed by atoms with Crippen LogP contribution in [-0.2, 0) is 6.61 Å². The van der Waals surface area contributed by atoms with E-state index in [0.29, 0.717) is 17.2 Å². The van der Waals surface area contributed by atoms with Crippen LogP contribution in [0.3, 0.4) is 0 Å². The summed E-state index contributed by atoms with van der Waals surface area (Å²) in [6, 6.07) is 11.2. The van der Waals surface area contributed by atoms with Crippen molar-refractivity contribution < 1.29 is 9.53 Å². The zero-order valence-electron chi connectivity index (χ0n) is 13.4. The van der Waals surface area contributed by atoms with Crippen molar-refractivity contribution in [3.05, 3.63) is 73.9 Å². The molecule has 2 heterocycles. The van der Waals surface area contributed by atoms with Gasteiger partial charge in [0.05, 0.1) is 16.1 Å². The molecule has 0 aliphatic heterocycles. The van der Waals surface area contributed by atoms with E-state index in [2.05, 4.69) is 4.98 Å². The van der Waals surface area contributed by atoms with Gasteiger partial charge in [0.2, 0.25) is 5.78 Å². The standard InChI is InChI=1S/C19H14N2O2S2/c1-13-6-7-25-19(13)18(22)15(9-20)8-14-2-4-17(5-3-14)23-10-16-11-24-12-21-16/h2-8,11-12H,10H2,1H3. The van der Waals surface area contributed by atoms with Crippen molar-refractivity contribution in [2.24, 2.45) is 0 Å². The van der Waals surface area contributed by atoms with Gasteiger partial charge in [-0.3, -0.25) is 4.79 Å². The van der Waals surface area contributed by atoms with Crippen LogP contribution < -0.4 is 4.74 Å². The molecule has 6 heteroatoms. The molecule has 3 rings (SSSR count). The Hall–Kier alpha value is -2.75. The minimum absolute atomic E-state index is 0.127. The number of Topliss-reactive ketones (excluding diaryl/α,β-unsaturated/α-hetero) is 1. The second-order valence-corrected chi connectivity index (χ2v) is 6.90. The van der Waals surface area contributed by atoms with Gasteiger partial charge in [-0.15, -0.1) is 22.7 Å². The van der Waals surface area contributed by atoms with E-state index < -0.39 is 0 Å². The number of aromatic nitrogens is 1. The number of thiophene rings is 1. The molecule has 0 unspecified atom stereocenters. The van der Waals surface area contributed by atoms with Gasteiger partial charge < -0.3 is 4.74 Å². The maximum atomic E-state index is 12.5. The Morgan fingerprint density at radius 1 is 1.32 bits per heavy atom. The van der Waals surface area contributed by atoms with Crippen LogP contribution in [0.15, 0.2) is 52.2 Å². The Morgan fingerprint density at radius 3 is 2.72 bits per heavy atom. The molecule has 0 bridgehead atoms. The van der Waals surface area contributed by atoms with Crippen molar-refractivity contribution in [1.29, 1.82) is 5.26 Å². The summed E-state index contributed by atoms with van der Waals surface area (Å²) in [6.45, 7) is 2.28. The Labute approximate surface area is 153 Å². The number of nitriles is 1. The first-order valence-electron chi connectivity index (χ1n) is 7.48. The van der Waals surface area contributed by atoms with Gasteiger partial charge >= 0.3 is 0 Å². The van der Waals surface area contributed by atoms with Crippen LogP contribution >= 0.6 is 22.7 Å². The monoisotopic (exact) mass is 366 g/mol. The highest BCUT2D eigenvalue weighted by Crippen LogP contribution is 2.22. The van der Waals surface area contributed by atoms with Crippen LogP contribution in [0.1, 0.15) is 26.5 Å². The van der Waals surface area contributed by atoms with Crippen molar-refractivity contribution in [2.75, 3.05) is 0 Å². The summed E-state index contributed by atoms with van der Waals surface area (Å²) < 4.78 is 5.65. The Balaban J connectivity index is 1.72. The summed E-state index contributed by atoms with van der Waals surface area (Å²) in [5.74, 6) is 0.475. The van der Waals surface area contributed by atoms with Gasteiger partial charge in [-0.05, 0) is 47.7 Å². The lowest BCUT2D eigenvalue weighted by atomic mass is 10.1. The molecule has 1 aromatic carbocycles. The van der Waals surface area contributed by atoms with E-state index in [1.165, 1.54) is 22.7 Å². The van der Waals surface area contributed by atoms with Crippen LogP contribution in [0.4, 0.5) is 0 Å². The highest BCUT2D eigenvalue weighted by atomic mass is 32.1. The molecule has 0 aliphatic carbocycles. The van der Waals surface area contributed by atoms with Crippen molar-refractivity contribution >= 4 is 34.5 Å². The topological polar surface area (TPSA) is 63.0 Å². The number of carbonyl (C=O) groups excluding carboxylic acids is 1. The number of benzene rings is 1. The van der Waals surface area contributed by atoms with E-state index in [1.54, 1.807) is 11.6 Å². The Morgan fingerprint density at radius 2 is 2.12 bits per heavy atom. The smallest absolute Gasteiger partial charge is 0.213 e. The second kappa shape index (κ2) is 7.88. The fraction of sp³-hybridized carbons (Fsp3) is 0.105. The molecular formula is C19H14N2O2S2. The highest BCUT2D eigenvalue weighted by Gasteiger charge is 2.15. The quantitative estimate of drug-likeness (QED) is 0.354. The molecule has 4 nitrogen and oxygen atoms in total. The first-order chi connectivity index (χ1) is 12.2. The molecule has 0 radical (unpaired) electrons. The van der Waals surface area contributed by atoms with Gasteiger partial charge in [-0.1, -0.05) is 12.1 Å². The summed E-state index contributed by atoms with van der Waals surface area (Å²) in [5, 5.41) is 13.1. The van der Waals surface area contributed by atoms with Crippen LogP contribution in [0, 0.1) is 18.3 Å². The first-order valence-corrected chi connectivity index (χ1v) is 9.30. The van der Waals surface area contributed by atoms with Crippen molar-refractivity contribution in [2.45, 2.75) is 13.5 Å². The lowest BCUT2D eigenvalue weighted by molar-refractivity contribution is 0.104. The number of ether oxygens (including phenoxy) is 1. The number of hydrogen-bond acceptors (Lipinski definition) is 6. The van der Waals surface area contributed by atoms with Gasteiger partial charge in [0.15, 0.2) is 0 Å². The van der Waals surface area contributed by atoms with Crippen LogP contribution in [0.25, 0.3) is 6.08 Å². The predicted octanol–water partition coefficient (Wildman–Crippen LogP) is 4.88. The number of thiazole rings is 1. The third-order valence-corrected chi connectivity index (χ3v) is 5.15. The molecule has 0 N–H and O–H groups in total. The summed E-state index contributed by atoms with van der Waals surface area (Å²) in [5.41, 5.74) is 4.45. The van der Waals surface area contributed by atoms with E-state index in [4.69, 9.17) is 4.74 Å². The zero-order chi connectivity index (χ0) is 17.6. The molecule has 0 fully saturated rings. The summed E-state index contributed by atoms with van der Waals surface area (Å²) in [6.07, 6.45) is 1.60. The van der Waals surface area contributed by atoms with Gasteiger partial charge in [0.1, 0.15) is 24.0 Å². The largest absolute Gasteiger partial charge is 0.487 e. The zero-order valence-corrected chi connectivity index (χ0v) is 15.1. The molecule has 0 saturated carbocycles. The summed E-state index contributed by atoms with van der Waals surface area (Å²) >= 11 is 2.88. The molecule has 2 aromatic heterocycles. The van der Waals surface area contributed by atoms with Crippen molar-refractivity contribution in [3.63, 3.8) is 0 Å². The lowest BCUT2D eigenvalue weighted by Gasteiger charge is -2.04. The van der Waals surface area contributed by atoms with Gasteiger partial charge in [0, 0.05) is 5.38 Å². The predicted molar refractivity (Wildman–Crippen MR) is 99.9 cm³/mol. The van der Waals surface area contributed by atoms with Crippen molar-refractivity contribution in [3.8, 4) is 11.8 Å². The summed E-state index contributed by atoms with van der Waals surface area (Å²) in [4.78, 5) is 17.2. The average molecular weight is 366 g/mol. The van der Waals surface area contributed by atoms with E-state index in [0.717, 1.165) is 16.8 Å². The van der Waals surface area contributed by atoms with Gasteiger partial charge in [-0.25, -0.2) is 4.98 Å². The normalized spacial score (nSPS) is 11.1. The molecule has 0 aliphatic rings. The van der Waals surface area contributed by atoms with Crippen molar-refractivity contribution in [1.82, 2.24) is 4.98 Å². The number of ketones is 1. The fourth-order valence-corrected chi connectivity index (χ4v) is 3.59. The number of carbonyl (C=O) groups is 1. The average Bonchev–Trinajstić information content (AvgIpc) is 3.30. The van der Waals surface area contributed by atoms with E-state index in [1.807, 2.05) is 54.1 Å². The number of hydrogen-bond donors (Lipinski definition) is 0. The number of rotatable bonds is 6. The summed E-state index contributed by atoms with van der Waals surface area (Å²) in [7, 11) is 0. The first kappa shape index (κ1) is 17.1. The van der Waals surface area contributed by atoms with Gasteiger partial charge in [0.25, 0.3) is 0 Å². The SMILES string of the molecule is Cc1ccsc1C(=O)C(C#N)=Cc1ccc(OCc2cscn2)cc1. The minimum Gasteiger partial charge on any atom is -0.487 e. The molecule has 3 aromatic rings. The highest BCUT2D eigenvalue weighted by molar-refractivity contribution is 7.12. The Kier molecular flexibility index (Phi) is 5.39. The Bertz CT molecular complexity index is 933. The third kappa shape index (κ3) is 4.21. The van der Waals surface area contributed by atoms with E-state index in [9.17, 15) is 10.1 Å². The third-order valence-electron chi connectivity index (χ3n) is 3.49. The second-order valence-electron chi connectivity index (χ2n) is 5.27. The molecular weight excluding hydrogens is 352 g/mol. The maximum Gasteiger partial charge on any atom is 0.213 e. The maximum absolute atomic E-state index is 12.5. The van der Waals surface area contributed by atoms with E-state index >= 15 is 0 Å². The number of aryl methyl sites for hydroxylation is 1. The molecule has 0 amide bonds. The molecule has 0 saturated heterocycles. The van der Waals surface area contributed by atoms with Crippen LogP contribution in [-0.4, -0.2) is 10.8 Å². The number of nitrogens with zero attached hydrogens (tertiary/aromatic N) is 2. The van der Waals surface area contributed by atoms with Crippen LogP contribution in [0.2, 0.25) is 0 Å². The minimum atomic E-state index is -0.237. The van der Waals surface area contributed by atoms with Crippen LogP contribution in [0.5, 0.6) is 5.75 Å². The van der Waals surface area contributed by atoms with Gasteiger partial charge in [-0.2, -0.15) is 5.26 Å². The fourth-order valence-electron chi connectivity index (χ4n) is 2.17. The lowest BCUT2D eigenvalue weighted by Crippen LogP contribution is -2.01. The number of allylic oxidation sites excluding steroid dienone is 1. The van der Waals surface area contributed by atoms with E-state index in [-0.39, 0.29) is 11.4 Å². The molecule has 0 spiro atoms.